The van der Waals surface area contributed by atoms with Gasteiger partial charge in [0.2, 0.25) is 0 Å². The summed E-state index contributed by atoms with van der Waals surface area (Å²) in [5.41, 5.74) is 6.00. The Morgan fingerprint density at radius 1 is 1.25 bits per heavy atom. The van der Waals surface area contributed by atoms with Crippen LogP contribution in [0.5, 0.6) is 0 Å². The molecule has 0 atom stereocenters. The highest BCUT2D eigenvalue weighted by atomic mass is 19.1. The molecule has 0 aromatic heterocycles. The number of unbranched alkanes of at least 4 members (excludes halogenated alkanes) is 3. The van der Waals surface area contributed by atoms with Gasteiger partial charge < -0.3 is 15.7 Å². The minimum absolute atomic E-state index is 0.107. The van der Waals surface area contributed by atoms with E-state index in [0.29, 0.717) is 6.54 Å². The van der Waals surface area contributed by atoms with Crippen LogP contribution in [0.3, 0.4) is 0 Å². The molecule has 0 saturated carbocycles. The van der Waals surface area contributed by atoms with Crippen LogP contribution in [0.2, 0.25) is 0 Å². The molecule has 4 nitrogen and oxygen atoms in total. The van der Waals surface area contributed by atoms with Crippen molar-refractivity contribution in [1.82, 2.24) is 4.90 Å². The maximum Gasteiger partial charge on any atom is 0.254 e. The fourth-order valence-electron chi connectivity index (χ4n) is 2.08. The third-order valence-electron chi connectivity index (χ3n) is 3.11. The monoisotopic (exact) mass is 282 g/mol. The van der Waals surface area contributed by atoms with Crippen molar-refractivity contribution in [2.45, 2.75) is 32.6 Å². The zero-order chi connectivity index (χ0) is 15.0. The fraction of sp³-hybridized carbons (Fsp3) is 0.533. The van der Waals surface area contributed by atoms with E-state index >= 15 is 0 Å². The topological polar surface area (TPSA) is 66.6 Å². The Balaban J connectivity index is 2.71. The van der Waals surface area contributed by atoms with E-state index in [1.807, 2.05) is 0 Å². The Labute approximate surface area is 119 Å². The number of anilines is 1. The highest BCUT2D eigenvalue weighted by molar-refractivity contribution is 5.95. The number of amides is 1. The SMILES string of the molecule is CCCCCCN(CCO)C(=O)c1cc(N)cc(F)c1. The molecule has 0 heterocycles. The molecule has 0 radical (unpaired) electrons. The van der Waals surface area contributed by atoms with E-state index < -0.39 is 5.82 Å². The Morgan fingerprint density at radius 2 is 2.00 bits per heavy atom. The van der Waals surface area contributed by atoms with Gasteiger partial charge in [-0.2, -0.15) is 0 Å². The molecule has 1 aromatic rings. The van der Waals surface area contributed by atoms with Gasteiger partial charge in [0.15, 0.2) is 0 Å². The number of carbonyl (C=O) groups excluding carboxylic acids is 1. The smallest absolute Gasteiger partial charge is 0.254 e. The van der Waals surface area contributed by atoms with Gasteiger partial charge in [0.25, 0.3) is 5.91 Å². The van der Waals surface area contributed by atoms with Crippen LogP contribution in [0, 0.1) is 5.82 Å². The fourth-order valence-corrected chi connectivity index (χ4v) is 2.08. The summed E-state index contributed by atoms with van der Waals surface area (Å²) < 4.78 is 13.3. The first-order valence-electron chi connectivity index (χ1n) is 7.04. The van der Waals surface area contributed by atoms with Crippen LogP contribution < -0.4 is 5.73 Å². The number of aliphatic hydroxyl groups is 1. The number of carbonyl (C=O) groups is 1. The molecule has 112 valence electrons. The summed E-state index contributed by atoms with van der Waals surface area (Å²) in [5, 5.41) is 9.05. The molecule has 0 spiro atoms. The van der Waals surface area contributed by atoms with Crippen LogP contribution in [0.4, 0.5) is 10.1 Å². The second-order valence-electron chi connectivity index (χ2n) is 4.85. The van der Waals surface area contributed by atoms with E-state index in [4.69, 9.17) is 10.8 Å². The number of nitrogen functional groups attached to an aromatic ring is 1. The van der Waals surface area contributed by atoms with Gasteiger partial charge in [-0.25, -0.2) is 4.39 Å². The largest absolute Gasteiger partial charge is 0.399 e. The number of hydrogen-bond donors (Lipinski definition) is 2. The van der Waals surface area contributed by atoms with Gasteiger partial charge in [0.1, 0.15) is 5.82 Å². The summed E-state index contributed by atoms with van der Waals surface area (Å²) >= 11 is 0. The minimum Gasteiger partial charge on any atom is -0.399 e. The maximum absolute atomic E-state index is 13.3. The summed E-state index contributed by atoms with van der Waals surface area (Å²) in [6.07, 6.45) is 4.16. The number of nitrogens with two attached hydrogens (primary N) is 1. The second-order valence-corrected chi connectivity index (χ2v) is 4.85. The van der Waals surface area contributed by atoms with Crippen LogP contribution >= 0.6 is 0 Å². The van der Waals surface area contributed by atoms with Gasteiger partial charge in [-0.15, -0.1) is 0 Å². The predicted octanol–water partition coefficient (Wildman–Crippen LogP) is 2.42. The van der Waals surface area contributed by atoms with Crippen LogP contribution in [0.1, 0.15) is 43.0 Å². The first-order valence-corrected chi connectivity index (χ1v) is 7.04. The quantitative estimate of drug-likeness (QED) is 0.568. The Kier molecular flexibility index (Phi) is 7.01. The lowest BCUT2D eigenvalue weighted by atomic mass is 10.1. The average Bonchev–Trinajstić information content (AvgIpc) is 2.40. The van der Waals surface area contributed by atoms with Crippen molar-refractivity contribution < 1.29 is 14.3 Å². The van der Waals surface area contributed by atoms with Crippen LogP contribution in [-0.4, -0.2) is 35.6 Å². The van der Waals surface area contributed by atoms with Crippen molar-refractivity contribution in [2.24, 2.45) is 0 Å². The first-order chi connectivity index (χ1) is 9.58. The zero-order valence-electron chi connectivity index (χ0n) is 11.9. The van der Waals surface area contributed by atoms with Crippen molar-refractivity contribution >= 4 is 11.6 Å². The molecule has 0 aliphatic rings. The zero-order valence-corrected chi connectivity index (χ0v) is 11.9. The van der Waals surface area contributed by atoms with E-state index in [0.717, 1.165) is 25.7 Å². The standard InChI is InChI=1S/C15H23FN2O2/c1-2-3-4-5-6-18(7-8-19)15(20)12-9-13(16)11-14(17)10-12/h9-11,19H,2-8,17H2,1H3. The molecule has 0 bridgehead atoms. The Morgan fingerprint density at radius 3 is 2.60 bits per heavy atom. The lowest BCUT2D eigenvalue weighted by Crippen LogP contribution is -2.34. The number of halogens is 1. The van der Waals surface area contributed by atoms with E-state index in [1.165, 1.54) is 18.2 Å². The summed E-state index contributed by atoms with van der Waals surface area (Å²) in [5.74, 6) is -0.815. The molecular weight excluding hydrogens is 259 g/mol. The van der Waals surface area contributed by atoms with Gasteiger partial charge in [-0.1, -0.05) is 26.2 Å². The molecule has 0 fully saturated rings. The van der Waals surface area contributed by atoms with Gasteiger partial charge >= 0.3 is 0 Å². The lowest BCUT2D eigenvalue weighted by Gasteiger charge is -2.22. The Hall–Kier alpha value is -1.62. The predicted molar refractivity (Wildman–Crippen MR) is 77.9 cm³/mol. The third kappa shape index (κ3) is 5.17. The number of nitrogens with zero attached hydrogens (tertiary/aromatic N) is 1. The highest BCUT2D eigenvalue weighted by Crippen LogP contribution is 2.14. The minimum atomic E-state index is -0.525. The molecule has 1 rings (SSSR count). The van der Waals surface area contributed by atoms with Crippen molar-refractivity contribution in [2.75, 3.05) is 25.4 Å². The van der Waals surface area contributed by atoms with Crippen molar-refractivity contribution in [1.29, 1.82) is 0 Å². The number of rotatable bonds is 8. The molecule has 0 unspecified atom stereocenters. The molecular formula is C15H23FN2O2. The Bertz CT molecular complexity index is 418. The third-order valence-corrected chi connectivity index (χ3v) is 3.11. The average molecular weight is 282 g/mol. The normalized spacial score (nSPS) is 10.6. The molecule has 0 aliphatic carbocycles. The first kappa shape index (κ1) is 16.4. The molecule has 0 aliphatic heterocycles. The second kappa shape index (κ2) is 8.53. The van der Waals surface area contributed by atoms with Crippen LogP contribution in [0.15, 0.2) is 18.2 Å². The van der Waals surface area contributed by atoms with Crippen molar-refractivity contribution in [3.8, 4) is 0 Å². The molecule has 5 heteroatoms. The van der Waals surface area contributed by atoms with Gasteiger partial charge in [0, 0.05) is 24.3 Å². The van der Waals surface area contributed by atoms with E-state index in [-0.39, 0.29) is 30.3 Å². The van der Waals surface area contributed by atoms with E-state index in [2.05, 4.69) is 6.92 Å². The summed E-state index contributed by atoms with van der Waals surface area (Å²) in [6.45, 7) is 2.83. The molecule has 20 heavy (non-hydrogen) atoms. The molecule has 0 saturated heterocycles. The van der Waals surface area contributed by atoms with Gasteiger partial charge in [-0.05, 0) is 24.6 Å². The number of benzene rings is 1. The number of hydrogen-bond acceptors (Lipinski definition) is 3. The molecule has 1 aromatic carbocycles. The van der Waals surface area contributed by atoms with Gasteiger partial charge in [-0.3, -0.25) is 4.79 Å². The summed E-state index contributed by atoms with van der Waals surface area (Å²) in [4.78, 5) is 13.8. The van der Waals surface area contributed by atoms with Crippen LogP contribution in [0.25, 0.3) is 0 Å². The summed E-state index contributed by atoms with van der Waals surface area (Å²) in [7, 11) is 0. The van der Waals surface area contributed by atoms with E-state index in [1.54, 1.807) is 4.90 Å². The van der Waals surface area contributed by atoms with Crippen LogP contribution in [-0.2, 0) is 0 Å². The van der Waals surface area contributed by atoms with Crippen molar-refractivity contribution in [3.63, 3.8) is 0 Å². The molecule has 1 amide bonds. The highest BCUT2D eigenvalue weighted by Gasteiger charge is 2.16. The molecule has 3 N–H and O–H groups in total. The summed E-state index contributed by atoms with van der Waals surface area (Å²) in [6, 6.07) is 3.81. The lowest BCUT2D eigenvalue weighted by molar-refractivity contribution is 0.0718. The maximum atomic E-state index is 13.3. The van der Waals surface area contributed by atoms with Crippen molar-refractivity contribution in [3.05, 3.63) is 29.6 Å². The van der Waals surface area contributed by atoms with Gasteiger partial charge in [0.05, 0.1) is 6.61 Å². The van der Waals surface area contributed by atoms with E-state index in [9.17, 15) is 9.18 Å². The number of aliphatic hydroxyl groups excluding tert-OH is 1.